The topological polar surface area (TPSA) is 102 Å². The summed E-state index contributed by atoms with van der Waals surface area (Å²) in [5.74, 6) is 0.747. The summed E-state index contributed by atoms with van der Waals surface area (Å²) in [5.41, 5.74) is 1.41. The third-order valence-electron chi connectivity index (χ3n) is 4.44. The number of aromatic nitrogens is 2. The van der Waals surface area contributed by atoms with Crippen LogP contribution in [-0.2, 0) is 6.54 Å². The highest BCUT2D eigenvalue weighted by molar-refractivity contribution is 6.34. The largest absolute Gasteiger partial charge is 0.394 e. The number of anilines is 3. The molecule has 0 bridgehead atoms. The number of aliphatic hydroxyl groups excluding tert-OH is 2. The van der Waals surface area contributed by atoms with Crippen molar-refractivity contribution in [3.05, 3.63) is 41.0 Å². The quantitative estimate of drug-likeness (QED) is 0.698. The fourth-order valence-corrected chi connectivity index (χ4v) is 3.15. The van der Waals surface area contributed by atoms with Crippen LogP contribution in [-0.4, -0.2) is 51.5 Å². The number of amides is 2. The second-order valence-electron chi connectivity index (χ2n) is 6.28. The van der Waals surface area contributed by atoms with E-state index in [0.717, 1.165) is 5.56 Å². The van der Waals surface area contributed by atoms with E-state index in [0.29, 0.717) is 29.6 Å². The summed E-state index contributed by atoms with van der Waals surface area (Å²) in [6, 6.07) is 6.35. The van der Waals surface area contributed by atoms with Gasteiger partial charge < -0.3 is 15.5 Å². The van der Waals surface area contributed by atoms with Gasteiger partial charge in [-0.15, -0.1) is 0 Å². The molecule has 0 saturated carbocycles. The Kier molecular flexibility index (Phi) is 5.79. The van der Waals surface area contributed by atoms with E-state index in [9.17, 15) is 15.0 Å². The Bertz CT molecular complexity index is 832. The van der Waals surface area contributed by atoms with Crippen molar-refractivity contribution in [1.29, 1.82) is 0 Å². The van der Waals surface area contributed by atoms with Crippen LogP contribution < -0.4 is 15.1 Å². The Balaban J connectivity index is 1.95. The maximum Gasteiger partial charge on any atom is 0.330 e. The fourth-order valence-electron chi connectivity index (χ4n) is 2.92. The number of nitrogens with zero attached hydrogens (tertiary/aromatic N) is 4. The van der Waals surface area contributed by atoms with E-state index in [4.69, 9.17) is 11.6 Å². The predicted molar refractivity (Wildman–Crippen MR) is 104 cm³/mol. The Morgan fingerprint density at radius 3 is 2.74 bits per heavy atom. The third kappa shape index (κ3) is 3.83. The summed E-state index contributed by atoms with van der Waals surface area (Å²) in [7, 11) is 0. The molecule has 3 N–H and O–H groups in total. The maximum atomic E-state index is 13.0. The highest BCUT2D eigenvalue weighted by Crippen LogP contribution is 2.34. The van der Waals surface area contributed by atoms with E-state index in [2.05, 4.69) is 15.3 Å². The molecule has 2 heterocycles. The van der Waals surface area contributed by atoms with Gasteiger partial charge in [-0.1, -0.05) is 23.7 Å². The number of hydrogen-bond donors (Lipinski definition) is 3. The molecular formula is C18H22ClN5O3. The molecule has 0 unspecified atom stereocenters. The zero-order chi connectivity index (χ0) is 19.6. The lowest BCUT2D eigenvalue weighted by Crippen LogP contribution is -2.48. The molecule has 0 saturated heterocycles. The first-order valence-electron chi connectivity index (χ1n) is 8.71. The molecule has 2 aromatic rings. The van der Waals surface area contributed by atoms with Gasteiger partial charge in [0.2, 0.25) is 5.95 Å². The first-order valence-corrected chi connectivity index (χ1v) is 9.09. The molecule has 8 nitrogen and oxygen atoms in total. The molecule has 2 atom stereocenters. The van der Waals surface area contributed by atoms with Gasteiger partial charge in [-0.25, -0.2) is 9.78 Å². The number of rotatable bonds is 6. The molecule has 144 valence electrons. The molecule has 1 aromatic carbocycles. The summed E-state index contributed by atoms with van der Waals surface area (Å²) in [6.45, 7) is 3.88. The van der Waals surface area contributed by atoms with E-state index < -0.39 is 12.1 Å². The Labute approximate surface area is 162 Å². The molecule has 0 spiro atoms. The summed E-state index contributed by atoms with van der Waals surface area (Å²) in [4.78, 5) is 24.8. The Morgan fingerprint density at radius 1 is 1.37 bits per heavy atom. The minimum absolute atomic E-state index is 0.225. The highest BCUT2D eigenvalue weighted by atomic mass is 35.5. The van der Waals surface area contributed by atoms with Crippen LogP contribution in [0.1, 0.15) is 19.4 Å². The van der Waals surface area contributed by atoms with Crippen LogP contribution in [0.2, 0.25) is 5.02 Å². The normalized spacial score (nSPS) is 16.1. The number of carbonyl (C=O) groups is 1. The van der Waals surface area contributed by atoms with Crippen molar-refractivity contribution in [3.63, 3.8) is 0 Å². The zero-order valence-electron chi connectivity index (χ0n) is 15.1. The van der Waals surface area contributed by atoms with Crippen molar-refractivity contribution in [2.24, 2.45) is 0 Å². The van der Waals surface area contributed by atoms with Crippen LogP contribution in [0.4, 0.5) is 22.2 Å². The van der Waals surface area contributed by atoms with Crippen molar-refractivity contribution < 1.29 is 15.0 Å². The zero-order valence-corrected chi connectivity index (χ0v) is 15.9. The van der Waals surface area contributed by atoms with Gasteiger partial charge in [-0.3, -0.25) is 9.80 Å². The number of benzene rings is 1. The summed E-state index contributed by atoms with van der Waals surface area (Å²) >= 11 is 6.27. The average Bonchev–Trinajstić information content (AvgIpc) is 2.66. The van der Waals surface area contributed by atoms with Gasteiger partial charge >= 0.3 is 6.03 Å². The summed E-state index contributed by atoms with van der Waals surface area (Å²) in [6.07, 6.45) is 0.856. The first kappa shape index (κ1) is 19.3. The van der Waals surface area contributed by atoms with E-state index in [1.54, 1.807) is 35.1 Å². The van der Waals surface area contributed by atoms with E-state index in [1.165, 1.54) is 0 Å². The average molecular weight is 392 g/mol. The second-order valence-corrected chi connectivity index (χ2v) is 6.69. The SMILES string of the molecule is CCN1C(=O)N(c2ccccc2Cl)Cc2cnc(N[C@H](CO)[C@H](C)O)nc21. The lowest BCUT2D eigenvalue weighted by Gasteiger charge is -2.36. The number of carbonyl (C=O) groups excluding carboxylic acids is 1. The maximum absolute atomic E-state index is 13.0. The Morgan fingerprint density at radius 2 is 2.11 bits per heavy atom. The van der Waals surface area contributed by atoms with Gasteiger partial charge in [0.25, 0.3) is 0 Å². The van der Waals surface area contributed by atoms with Gasteiger partial charge in [-0.05, 0) is 26.0 Å². The molecule has 3 rings (SSSR count). The van der Waals surface area contributed by atoms with Crippen LogP contribution in [0.5, 0.6) is 0 Å². The lowest BCUT2D eigenvalue weighted by molar-refractivity contribution is 0.132. The number of urea groups is 1. The number of hydrogen-bond acceptors (Lipinski definition) is 6. The fraction of sp³-hybridized carbons (Fsp3) is 0.389. The van der Waals surface area contributed by atoms with Gasteiger partial charge in [0.1, 0.15) is 5.82 Å². The lowest BCUT2D eigenvalue weighted by atomic mass is 10.2. The van der Waals surface area contributed by atoms with Crippen LogP contribution >= 0.6 is 11.6 Å². The minimum Gasteiger partial charge on any atom is -0.394 e. The first-order chi connectivity index (χ1) is 13.0. The minimum atomic E-state index is -0.783. The van der Waals surface area contributed by atoms with E-state index in [-0.39, 0.29) is 18.6 Å². The van der Waals surface area contributed by atoms with Crippen LogP contribution in [0.3, 0.4) is 0 Å². The molecule has 27 heavy (non-hydrogen) atoms. The van der Waals surface area contributed by atoms with Crippen LogP contribution in [0, 0.1) is 0 Å². The van der Waals surface area contributed by atoms with Gasteiger partial charge in [-0.2, -0.15) is 4.98 Å². The molecule has 9 heteroatoms. The van der Waals surface area contributed by atoms with Crippen molar-refractivity contribution in [2.45, 2.75) is 32.5 Å². The van der Waals surface area contributed by atoms with Gasteiger partial charge in [0.15, 0.2) is 0 Å². The van der Waals surface area contributed by atoms with Crippen molar-refractivity contribution >= 4 is 35.1 Å². The third-order valence-corrected chi connectivity index (χ3v) is 4.76. The molecule has 1 aliphatic rings. The van der Waals surface area contributed by atoms with Crippen molar-refractivity contribution in [1.82, 2.24) is 9.97 Å². The van der Waals surface area contributed by atoms with Gasteiger partial charge in [0.05, 0.1) is 36.0 Å². The number of para-hydroxylation sites is 1. The second kappa shape index (κ2) is 8.08. The molecule has 2 amide bonds. The van der Waals surface area contributed by atoms with Crippen LogP contribution in [0.25, 0.3) is 0 Å². The predicted octanol–water partition coefficient (Wildman–Crippen LogP) is 2.25. The summed E-state index contributed by atoms with van der Waals surface area (Å²) in [5, 5.41) is 22.4. The van der Waals surface area contributed by atoms with Crippen LogP contribution in [0.15, 0.2) is 30.5 Å². The van der Waals surface area contributed by atoms with E-state index in [1.807, 2.05) is 19.1 Å². The number of aliphatic hydroxyl groups is 2. The molecular weight excluding hydrogens is 370 g/mol. The Hall–Kier alpha value is -2.42. The molecule has 0 fully saturated rings. The molecule has 1 aromatic heterocycles. The van der Waals surface area contributed by atoms with E-state index >= 15 is 0 Å². The number of nitrogens with one attached hydrogen (secondary N) is 1. The molecule has 0 radical (unpaired) electrons. The standard InChI is InChI=1S/C18H22ClN5O3/c1-3-23-16-12(8-20-17(22-16)21-14(10-25)11(2)26)9-24(18(23)27)15-7-5-4-6-13(15)19/h4-8,11,14,25-26H,3,9-10H2,1-2H3,(H,20,21,22)/t11-,14+/m0/s1. The number of halogens is 1. The highest BCUT2D eigenvalue weighted by Gasteiger charge is 2.33. The monoisotopic (exact) mass is 391 g/mol. The smallest absolute Gasteiger partial charge is 0.330 e. The molecule has 0 aliphatic carbocycles. The number of fused-ring (bicyclic) bond motifs is 1. The van der Waals surface area contributed by atoms with Gasteiger partial charge in [0, 0.05) is 18.3 Å². The molecule has 1 aliphatic heterocycles. The van der Waals surface area contributed by atoms with Crippen molar-refractivity contribution in [3.8, 4) is 0 Å². The summed E-state index contributed by atoms with van der Waals surface area (Å²) < 4.78 is 0. The van der Waals surface area contributed by atoms with Crippen molar-refractivity contribution in [2.75, 3.05) is 28.3 Å².